The second-order valence-corrected chi connectivity index (χ2v) is 8.52. The van der Waals surface area contributed by atoms with Gasteiger partial charge in [0.1, 0.15) is 6.04 Å². The first-order valence-corrected chi connectivity index (χ1v) is 11.5. The van der Waals surface area contributed by atoms with Crippen LogP contribution in [-0.2, 0) is 21.9 Å². The molecule has 0 radical (unpaired) electrons. The number of benzene rings is 2. The van der Waals surface area contributed by atoms with Gasteiger partial charge in [-0.1, -0.05) is 66.5 Å². The lowest BCUT2D eigenvalue weighted by atomic mass is 10.1. The quantitative estimate of drug-likeness (QED) is 0.540. The largest absolute Gasteiger partial charge is 0.354 e. The smallest absolute Gasteiger partial charge is 0.242 e. The minimum absolute atomic E-state index is 0.0869. The summed E-state index contributed by atoms with van der Waals surface area (Å²) in [4.78, 5) is 27.1. The van der Waals surface area contributed by atoms with E-state index in [2.05, 4.69) is 5.32 Å². The van der Waals surface area contributed by atoms with E-state index in [0.717, 1.165) is 23.3 Å². The minimum Gasteiger partial charge on any atom is -0.354 e. The Hall–Kier alpha value is -1.69. The van der Waals surface area contributed by atoms with Crippen molar-refractivity contribution in [1.29, 1.82) is 0 Å². The Morgan fingerprint density at radius 3 is 2.45 bits per heavy atom. The number of rotatable bonds is 10. The van der Waals surface area contributed by atoms with Gasteiger partial charge >= 0.3 is 0 Å². The molecule has 1 N–H and O–H groups in total. The summed E-state index contributed by atoms with van der Waals surface area (Å²) >= 11 is 13.7. The Labute approximate surface area is 187 Å². The highest BCUT2D eigenvalue weighted by Gasteiger charge is 2.26. The fourth-order valence-electron chi connectivity index (χ4n) is 2.73. The van der Waals surface area contributed by atoms with Crippen molar-refractivity contribution in [2.75, 3.05) is 12.3 Å². The Kier molecular flexibility index (Phi) is 9.85. The zero-order chi connectivity index (χ0) is 21.2. The molecule has 0 saturated heterocycles. The van der Waals surface area contributed by atoms with Gasteiger partial charge in [0, 0.05) is 18.8 Å². The summed E-state index contributed by atoms with van der Waals surface area (Å²) in [6, 6.07) is 14.7. The molecule has 0 unspecified atom stereocenters. The van der Waals surface area contributed by atoms with Crippen molar-refractivity contribution in [2.45, 2.75) is 38.6 Å². The molecule has 2 amide bonds. The third-order valence-corrected chi connectivity index (χ3v) is 6.12. The summed E-state index contributed by atoms with van der Waals surface area (Å²) in [5.74, 6) is 0.787. The van der Waals surface area contributed by atoms with Gasteiger partial charge in [-0.25, -0.2) is 0 Å². The second-order valence-electron chi connectivity index (χ2n) is 6.72. The monoisotopic (exact) mass is 452 g/mol. The second kappa shape index (κ2) is 12.1. The van der Waals surface area contributed by atoms with E-state index in [1.165, 1.54) is 11.8 Å². The van der Waals surface area contributed by atoms with Gasteiger partial charge in [0.15, 0.2) is 0 Å². The topological polar surface area (TPSA) is 49.4 Å². The van der Waals surface area contributed by atoms with Crippen molar-refractivity contribution in [3.05, 3.63) is 69.7 Å². The maximum atomic E-state index is 13.0. The lowest BCUT2D eigenvalue weighted by molar-refractivity contribution is -0.138. The molecule has 156 valence electrons. The summed E-state index contributed by atoms with van der Waals surface area (Å²) in [5.41, 5.74) is 1.99. The summed E-state index contributed by atoms with van der Waals surface area (Å²) in [6.45, 7) is 4.62. The van der Waals surface area contributed by atoms with E-state index in [4.69, 9.17) is 23.2 Å². The predicted octanol–water partition coefficient (Wildman–Crippen LogP) is 5.17. The summed E-state index contributed by atoms with van der Waals surface area (Å²) in [7, 11) is 0. The normalized spacial score (nSPS) is 11.7. The lowest BCUT2D eigenvalue weighted by Gasteiger charge is -2.29. The van der Waals surface area contributed by atoms with E-state index in [9.17, 15) is 9.59 Å². The van der Waals surface area contributed by atoms with Gasteiger partial charge in [-0.2, -0.15) is 0 Å². The SMILES string of the molecule is CCCNC(=O)[C@H](C)N(Cc1ccc(Cl)c(Cl)c1)C(=O)CSCc1ccccc1. The first-order valence-electron chi connectivity index (χ1n) is 9.55. The van der Waals surface area contributed by atoms with Gasteiger partial charge < -0.3 is 10.2 Å². The molecule has 0 saturated carbocycles. The highest BCUT2D eigenvalue weighted by Crippen LogP contribution is 2.24. The van der Waals surface area contributed by atoms with Crippen molar-refractivity contribution in [3.8, 4) is 0 Å². The van der Waals surface area contributed by atoms with E-state index in [1.54, 1.807) is 24.0 Å². The van der Waals surface area contributed by atoms with Crippen molar-refractivity contribution < 1.29 is 9.59 Å². The fraction of sp³-hybridized carbons (Fsp3) is 0.364. The van der Waals surface area contributed by atoms with Crippen molar-refractivity contribution in [1.82, 2.24) is 10.2 Å². The summed E-state index contributed by atoms with van der Waals surface area (Å²) in [6.07, 6.45) is 0.839. The predicted molar refractivity (Wildman–Crippen MR) is 122 cm³/mol. The van der Waals surface area contributed by atoms with Crippen LogP contribution in [0.3, 0.4) is 0 Å². The molecule has 0 heterocycles. The van der Waals surface area contributed by atoms with E-state index in [-0.39, 0.29) is 11.8 Å². The van der Waals surface area contributed by atoms with Crippen LogP contribution >= 0.6 is 35.0 Å². The minimum atomic E-state index is -0.583. The number of carbonyl (C=O) groups is 2. The van der Waals surface area contributed by atoms with Gasteiger partial charge in [-0.05, 0) is 36.6 Å². The Morgan fingerprint density at radius 2 is 1.79 bits per heavy atom. The van der Waals surface area contributed by atoms with E-state index in [1.807, 2.05) is 43.3 Å². The molecule has 29 heavy (non-hydrogen) atoms. The third-order valence-electron chi connectivity index (χ3n) is 4.39. The fourth-order valence-corrected chi connectivity index (χ4v) is 3.92. The molecule has 2 aromatic carbocycles. The summed E-state index contributed by atoms with van der Waals surface area (Å²) in [5, 5.41) is 3.76. The average molecular weight is 453 g/mol. The van der Waals surface area contributed by atoms with Crippen LogP contribution in [0.25, 0.3) is 0 Å². The lowest BCUT2D eigenvalue weighted by Crippen LogP contribution is -2.48. The van der Waals surface area contributed by atoms with Crippen LogP contribution in [-0.4, -0.2) is 35.1 Å². The van der Waals surface area contributed by atoms with E-state index >= 15 is 0 Å². The van der Waals surface area contributed by atoms with Crippen LogP contribution in [0.1, 0.15) is 31.4 Å². The van der Waals surface area contributed by atoms with Gasteiger partial charge in [-0.15, -0.1) is 11.8 Å². The standard InChI is InChI=1S/C22H26Cl2N2O2S/c1-3-11-25-22(28)16(2)26(13-18-9-10-19(23)20(24)12-18)21(27)15-29-14-17-7-5-4-6-8-17/h4-10,12,16H,3,11,13-15H2,1-2H3,(H,25,28)/t16-/m0/s1. The van der Waals surface area contributed by atoms with Gasteiger partial charge in [0.05, 0.1) is 15.8 Å². The van der Waals surface area contributed by atoms with Crippen LogP contribution in [0.4, 0.5) is 0 Å². The molecule has 1 atom stereocenters. The van der Waals surface area contributed by atoms with Crippen molar-refractivity contribution >= 4 is 46.8 Å². The Morgan fingerprint density at radius 1 is 1.07 bits per heavy atom. The molecule has 0 aromatic heterocycles. The molecule has 2 rings (SSSR count). The highest BCUT2D eigenvalue weighted by molar-refractivity contribution is 7.99. The molecular formula is C22H26Cl2N2O2S. The highest BCUT2D eigenvalue weighted by atomic mass is 35.5. The maximum Gasteiger partial charge on any atom is 0.242 e. The molecule has 4 nitrogen and oxygen atoms in total. The zero-order valence-electron chi connectivity index (χ0n) is 16.7. The molecule has 0 spiro atoms. The molecule has 0 aliphatic carbocycles. The Balaban J connectivity index is 2.08. The van der Waals surface area contributed by atoms with Crippen LogP contribution in [0.15, 0.2) is 48.5 Å². The van der Waals surface area contributed by atoms with Crippen LogP contribution < -0.4 is 5.32 Å². The first kappa shape index (κ1) is 23.6. The van der Waals surface area contributed by atoms with Gasteiger partial charge in [-0.3, -0.25) is 9.59 Å². The van der Waals surface area contributed by atoms with Crippen molar-refractivity contribution in [2.24, 2.45) is 0 Å². The Bertz CT molecular complexity index is 818. The number of nitrogens with one attached hydrogen (secondary N) is 1. The number of hydrogen-bond donors (Lipinski definition) is 1. The maximum absolute atomic E-state index is 13.0. The average Bonchev–Trinajstić information content (AvgIpc) is 2.72. The third kappa shape index (κ3) is 7.57. The van der Waals surface area contributed by atoms with Crippen LogP contribution in [0.5, 0.6) is 0 Å². The van der Waals surface area contributed by atoms with Crippen molar-refractivity contribution in [3.63, 3.8) is 0 Å². The van der Waals surface area contributed by atoms with Gasteiger partial charge in [0.2, 0.25) is 11.8 Å². The molecule has 0 fully saturated rings. The van der Waals surface area contributed by atoms with E-state index in [0.29, 0.717) is 28.9 Å². The number of thioether (sulfide) groups is 1. The molecule has 2 aromatic rings. The van der Waals surface area contributed by atoms with Gasteiger partial charge in [0.25, 0.3) is 0 Å². The number of amides is 2. The molecule has 0 aliphatic rings. The zero-order valence-corrected chi connectivity index (χ0v) is 19.0. The van der Waals surface area contributed by atoms with Crippen LogP contribution in [0.2, 0.25) is 10.0 Å². The van der Waals surface area contributed by atoms with E-state index < -0.39 is 6.04 Å². The number of halogens is 2. The number of nitrogens with zero attached hydrogens (tertiary/aromatic N) is 1. The molecule has 0 aliphatic heterocycles. The number of hydrogen-bond acceptors (Lipinski definition) is 3. The molecule has 0 bridgehead atoms. The first-order chi connectivity index (χ1) is 13.9. The molecule has 7 heteroatoms. The number of carbonyl (C=O) groups excluding carboxylic acids is 2. The summed E-state index contributed by atoms with van der Waals surface area (Å²) < 4.78 is 0. The molecular weight excluding hydrogens is 427 g/mol. The van der Waals surface area contributed by atoms with Crippen LogP contribution in [0, 0.1) is 0 Å².